The molecule has 0 N–H and O–H groups in total. The molecule has 0 aromatic heterocycles. The molecule has 0 spiro atoms. The van der Waals surface area contributed by atoms with E-state index >= 15 is 0 Å². The van der Waals surface area contributed by atoms with Crippen LogP contribution in [0.1, 0.15) is 12.0 Å². The summed E-state index contributed by atoms with van der Waals surface area (Å²) in [5.41, 5.74) is 1.07. The van der Waals surface area contributed by atoms with Gasteiger partial charge in [0.1, 0.15) is 12.2 Å². The van der Waals surface area contributed by atoms with Crippen molar-refractivity contribution >= 4 is 11.9 Å². The van der Waals surface area contributed by atoms with Crippen LogP contribution in [0.5, 0.6) is 5.75 Å². The fraction of sp³-hybridized carbons (Fsp3) is 0.273. The zero-order valence-electron chi connectivity index (χ0n) is 8.65. The predicted octanol–water partition coefficient (Wildman–Crippen LogP) is 1.46. The molecule has 0 aliphatic carbocycles. The van der Waals surface area contributed by atoms with Gasteiger partial charge in [0.2, 0.25) is 0 Å². The van der Waals surface area contributed by atoms with E-state index in [1.54, 1.807) is 12.1 Å². The zero-order chi connectivity index (χ0) is 11.3. The topological polar surface area (TPSA) is 52.6 Å². The Morgan fingerprint density at radius 1 is 1.13 bits per heavy atom. The highest BCUT2D eigenvalue weighted by atomic mass is 16.5. The second-order valence-electron chi connectivity index (χ2n) is 3.04. The first kappa shape index (κ1) is 11.2. The van der Waals surface area contributed by atoms with Crippen molar-refractivity contribution in [3.8, 4) is 5.75 Å². The summed E-state index contributed by atoms with van der Waals surface area (Å²) in [5, 5.41) is 0. The highest BCUT2D eigenvalue weighted by Gasteiger charge is 2.11. The molecule has 4 nitrogen and oxygen atoms in total. The monoisotopic (exact) mass is 208 g/mol. The molecule has 0 heterocycles. The van der Waals surface area contributed by atoms with E-state index in [1.807, 2.05) is 19.1 Å². The molecule has 1 aromatic carbocycles. The summed E-state index contributed by atoms with van der Waals surface area (Å²) in [6, 6.07) is 6.98. The number of aryl methyl sites for hydroxylation is 1. The maximum Gasteiger partial charge on any atom is 0.322 e. The molecule has 0 aliphatic rings. The largest absolute Gasteiger partial charge is 0.469 e. The molecule has 0 bridgehead atoms. The Bertz CT molecular complexity index is 353. The maximum absolute atomic E-state index is 11.1. The Morgan fingerprint density at radius 3 is 2.27 bits per heavy atom. The lowest BCUT2D eigenvalue weighted by Crippen LogP contribution is -2.14. The second-order valence-corrected chi connectivity index (χ2v) is 3.04. The number of methoxy groups -OCH3 is 1. The molecule has 0 fully saturated rings. The molecule has 0 atom stereocenters. The third-order valence-electron chi connectivity index (χ3n) is 1.77. The number of ether oxygens (including phenoxy) is 2. The van der Waals surface area contributed by atoms with Gasteiger partial charge in [0, 0.05) is 0 Å². The van der Waals surface area contributed by atoms with Crippen LogP contribution in [0.25, 0.3) is 0 Å². The summed E-state index contributed by atoms with van der Waals surface area (Å²) in [6.45, 7) is 1.93. The van der Waals surface area contributed by atoms with Gasteiger partial charge in [0.25, 0.3) is 0 Å². The minimum atomic E-state index is -0.620. The molecule has 0 saturated carbocycles. The Hall–Kier alpha value is -1.84. The predicted molar refractivity (Wildman–Crippen MR) is 53.4 cm³/mol. The van der Waals surface area contributed by atoms with Gasteiger partial charge in [-0.15, -0.1) is 0 Å². The van der Waals surface area contributed by atoms with Crippen molar-refractivity contribution < 1.29 is 19.1 Å². The number of hydrogen-bond donors (Lipinski definition) is 0. The maximum atomic E-state index is 11.1. The van der Waals surface area contributed by atoms with Gasteiger partial charge < -0.3 is 9.47 Å². The van der Waals surface area contributed by atoms with Crippen molar-refractivity contribution in [2.45, 2.75) is 13.3 Å². The average Bonchev–Trinajstić information content (AvgIpc) is 2.21. The van der Waals surface area contributed by atoms with Crippen LogP contribution in [-0.2, 0) is 14.3 Å². The molecule has 1 aromatic rings. The first-order chi connectivity index (χ1) is 7.11. The van der Waals surface area contributed by atoms with E-state index in [4.69, 9.17) is 4.74 Å². The van der Waals surface area contributed by atoms with Crippen LogP contribution in [0.4, 0.5) is 0 Å². The number of hydrogen-bond acceptors (Lipinski definition) is 4. The van der Waals surface area contributed by atoms with Crippen molar-refractivity contribution in [1.82, 2.24) is 0 Å². The highest BCUT2D eigenvalue weighted by molar-refractivity contribution is 5.92. The molecule has 0 radical (unpaired) electrons. The highest BCUT2D eigenvalue weighted by Crippen LogP contribution is 2.12. The molecule has 0 aliphatic heterocycles. The average molecular weight is 208 g/mol. The standard InChI is InChI=1S/C11H12O4/c1-8-3-5-9(6-4-8)15-11(13)7-10(12)14-2/h3-6H,7H2,1-2H3. The van der Waals surface area contributed by atoms with Crippen LogP contribution in [-0.4, -0.2) is 19.0 Å². The fourth-order valence-electron chi connectivity index (χ4n) is 0.964. The number of esters is 2. The molecule has 0 saturated heterocycles. The molecule has 80 valence electrons. The van der Waals surface area contributed by atoms with Gasteiger partial charge in [-0.05, 0) is 19.1 Å². The van der Waals surface area contributed by atoms with Crippen LogP contribution in [0, 0.1) is 6.92 Å². The Labute approximate surface area is 87.8 Å². The normalized spacial score (nSPS) is 9.47. The quantitative estimate of drug-likeness (QED) is 0.428. The Morgan fingerprint density at radius 2 is 1.73 bits per heavy atom. The molecular weight excluding hydrogens is 196 g/mol. The number of rotatable bonds is 3. The minimum absolute atomic E-state index is 0.371. The summed E-state index contributed by atoms with van der Waals surface area (Å²) in [4.78, 5) is 21.9. The Kier molecular flexibility index (Phi) is 3.85. The summed E-state index contributed by atoms with van der Waals surface area (Å²) in [6.07, 6.45) is -0.371. The molecule has 15 heavy (non-hydrogen) atoms. The van der Waals surface area contributed by atoms with Crippen molar-refractivity contribution in [2.75, 3.05) is 7.11 Å². The molecule has 1 rings (SSSR count). The van der Waals surface area contributed by atoms with Gasteiger partial charge in [-0.3, -0.25) is 9.59 Å². The molecule has 0 unspecified atom stereocenters. The lowest BCUT2D eigenvalue weighted by atomic mass is 10.2. The lowest BCUT2D eigenvalue weighted by Gasteiger charge is -2.03. The number of carbonyl (C=O) groups excluding carboxylic acids is 2. The number of carbonyl (C=O) groups is 2. The number of benzene rings is 1. The van der Waals surface area contributed by atoms with E-state index in [-0.39, 0.29) is 6.42 Å². The van der Waals surface area contributed by atoms with Crippen molar-refractivity contribution in [3.63, 3.8) is 0 Å². The van der Waals surface area contributed by atoms with E-state index in [0.717, 1.165) is 5.56 Å². The van der Waals surface area contributed by atoms with E-state index in [2.05, 4.69) is 4.74 Å². The summed E-state index contributed by atoms with van der Waals surface area (Å²) in [7, 11) is 1.22. The van der Waals surface area contributed by atoms with Crippen LogP contribution >= 0.6 is 0 Å². The van der Waals surface area contributed by atoms with Crippen LogP contribution in [0.15, 0.2) is 24.3 Å². The van der Waals surface area contributed by atoms with E-state index in [0.29, 0.717) is 5.75 Å². The van der Waals surface area contributed by atoms with E-state index < -0.39 is 11.9 Å². The van der Waals surface area contributed by atoms with Gasteiger partial charge >= 0.3 is 11.9 Å². The third-order valence-corrected chi connectivity index (χ3v) is 1.77. The van der Waals surface area contributed by atoms with Crippen LogP contribution in [0.3, 0.4) is 0 Å². The Balaban J connectivity index is 2.51. The fourth-order valence-corrected chi connectivity index (χ4v) is 0.964. The van der Waals surface area contributed by atoms with Gasteiger partial charge in [0.05, 0.1) is 7.11 Å². The van der Waals surface area contributed by atoms with Gasteiger partial charge in [-0.1, -0.05) is 17.7 Å². The van der Waals surface area contributed by atoms with E-state index in [9.17, 15) is 9.59 Å². The minimum Gasteiger partial charge on any atom is -0.469 e. The molecule has 4 heteroatoms. The van der Waals surface area contributed by atoms with Gasteiger partial charge in [0.15, 0.2) is 0 Å². The summed E-state index contributed by atoms with van der Waals surface area (Å²) >= 11 is 0. The van der Waals surface area contributed by atoms with Crippen molar-refractivity contribution in [1.29, 1.82) is 0 Å². The van der Waals surface area contributed by atoms with Crippen molar-refractivity contribution in [2.24, 2.45) is 0 Å². The zero-order valence-corrected chi connectivity index (χ0v) is 8.65. The van der Waals surface area contributed by atoms with E-state index in [1.165, 1.54) is 7.11 Å². The lowest BCUT2D eigenvalue weighted by molar-refractivity contribution is -0.148. The SMILES string of the molecule is COC(=O)CC(=O)Oc1ccc(C)cc1. The van der Waals surface area contributed by atoms with Crippen LogP contribution in [0.2, 0.25) is 0 Å². The summed E-state index contributed by atoms with van der Waals surface area (Å²) < 4.78 is 9.24. The van der Waals surface area contributed by atoms with Crippen LogP contribution < -0.4 is 4.74 Å². The van der Waals surface area contributed by atoms with Crippen molar-refractivity contribution in [3.05, 3.63) is 29.8 Å². The molecular formula is C11H12O4. The van der Waals surface area contributed by atoms with Gasteiger partial charge in [-0.25, -0.2) is 0 Å². The van der Waals surface area contributed by atoms with Gasteiger partial charge in [-0.2, -0.15) is 0 Å². The third kappa shape index (κ3) is 3.81. The first-order valence-corrected chi connectivity index (χ1v) is 4.46. The first-order valence-electron chi connectivity index (χ1n) is 4.46. The smallest absolute Gasteiger partial charge is 0.322 e. The summed E-state index contributed by atoms with van der Waals surface area (Å²) in [5.74, 6) is -0.799. The molecule has 0 amide bonds. The second kappa shape index (κ2) is 5.14.